The Labute approximate surface area is 306 Å². The lowest BCUT2D eigenvalue weighted by Crippen LogP contribution is -2.35. The molecule has 0 unspecified atom stereocenters. The zero-order valence-corrected chi connectivity index (χ0v) is 29.3. The third-order valence-electron chi connectivity index (χ3n) is 9.50. The highest BCUT2D eigenvalue weighted by Crippen LogP contribution is 2.36. The van der Waals surface area contributed by atoms with Crippen molar-refractivity contribution in [3.8, 4) is 45.6 Å². The molecular formula is C40H32N9O5+. The lowest BCUT2D eigenvalue weighted by Gasteiger charge is -2.18. The Balaban J connectivity index is 1.37. The first kappa shape index (κ1) is 32.8. The number of carbonyl (C=O) groups is 2. The van der Waals surface area contributed by atoms with Gasteiger partial charge in [-0.3, -0.25) is 9.59 Å². The van der Waals surface area contributed by atoms with Gasteiger partial charge in [0.15, 0.2) is 11.6 Å². The van der Waals surface area contributed by atoms with Crippen LogP contribution in [-0.2, 0) is 15.0 Å². The number of nitrogens with zero attached hydrogens (tertiary/aromatic N) is 7. The largest absolute Gasteiger partial charge is 0.489 e. The zero-order valence-electron chi connectivity index (χ0n) is 29.3. The number of rotatable bonds is 6. The van der Waals surface area contributed by atoms with Crippen molar-refractivity contribution in [1.29, 1.82) is 0 Å². The molecule has 3 aromatic heterocycles. The standard InChI is InChI=1S/C40H31N9O5/c1-40(2,3)20-12-14-25-28(16-20)37-44-35(25)42-33-23-8-4-5-9-24(23)34(41-33)43-36-26-15-13-21(54-22(18-31(50)51)19-32(52)53)17-29(26)39(45-36)48-49-30-11-7-6-10-27(30)38(46-37)47-49/h4-17,22H,18-19H2,1-3H3,(H3,41,42,43,44,45,46,47,48,50,51,52,53)/p+1. The van der Waals surface area contributed by atoms with Gasteiger partial charge in [0.25, 0.3) is 5.69 Å². The highest BCUT2D eigenvalue weighted by atomic mass is 16.5. The molecule has 54 heavy (non-hydrogen) atoms. The fraction of sp³-hybridized carbons (Fsp3) is 0.175. The van der Waals surface area contributed by atoms with Crippen molar-refractivity contribution in [1.82, 2.24) is 40.1 Å². The number of aromatic nitrogens is 9. The van der Waals surface area contributed by atoms with Gasteiger partial charge in [-0.2, -0.15) is 0 Å². The van der Waals surface area contributed by atoms with Crippen molar-refractivity contribution in [2.45, 2.75) is 45.1 Å². The summed E-state index contributed by atoms with van der Waals surface area (Å²) < 4.78 is 5.93. The Kier molecular flexibility index (Phi) is 7.44. The first-order chi connectivity index (χ1) is 26.0. The summed E-state index contributed by atoms with van der Waals surface area (Å²) in [6, 6.07) is 26.8. The summed E-state index contributed by atoms with van der Waals surface area (Å²) >= 11 is 0. The second-order valence-electron chi connectivity index (χ2n) is 14.3. The van der Waals surface area contributed by atoms with Gasteiger partial charge in [0.05, 0.1) is 27.8 Å². The van der Waals surface area contributed by atoms with Crippen LogP contribution in [0.3, 0.4) is 0 Å². The molecule has 0 saturated carbocycles. The van der Waals surface area contributed by atoms with Crippen LogP contribution in [0.1, 0.15) is 39.2 Å². The molecule has 7 aromatic rings. The van der Waals surface area contributed by atoms with Crippen molar-refractivity contribution in [2.75, 3.05) is 0 Å². The molecule has 0 radical (unpaired) electrons. The van der Waals surface area contributed by atoms with Gasteiger partial charge in [0.1, 0.15) is 34.4 Å². The van der Waals surface area contributed by atoms with Crippen molar-refractivity contribution in [2.24, 2.45) is 0 Å². The molecule has 0 saturated heterocycles. The quantitative estimate of drug-likeness (QED) is 0.137. The molecule has 5 heterocycles. The molecule has 14 heteroatoms. The van der Waals surface area contributed by atoms with Crippen molar-refractivity contribution in [3.63, 3.8) is 0 Å². The molecule has 0 fully saturated rings. The third-order valence-corrected chi connectivity index (χ3v) is 9.50. The normalized spacial score (nSPS) is 12.2. The average Bonchev–Trinajstić information content (AvgIpc) is 3.86. The molecule has 8 bridgehead atoms. The smallest absolute Gasteiger partial charge is 0.307 e. The number of carboxylic acids is 2. The first-order valence-electron chi connectivity index (χ1n) is 17.3. The molecule has 0 spiro atoms. The number of carboxylic acid groups (broad SMARTS) is 2. The van der Waals surface area contributed by atoms with Gasteiger partial charge >= 0.3 is 11.9 Å². The Morgan fingerprint density at radius 3 is 1.85 bits per heavy atom. The number of benzene rings is 4. The Hall–Kier alpha value is -7.09. The van der Waals surface area contributed by atoms with Crippen LogP contribution in [0.25, 0.3) is 84.0 Å². The SMILES string of the molecule is CC(C)(C)c1ccc2c3nc4nc(nc5[nH]c(n[n+]6nc(nc([nH]3)c2c1)-c1ccccc1-6)c1cc(OC(CC(=O)O)CC(=O)O)ccc51)-c1ccccc1-4. The zero-order chi connectivity index (χ0) is 37.3. The molecule has 0 amide bonds. The van der Waals surface area contributed by atoms with Crippen LogP contribution in [0.15, 0.2) is 84.9 Å². The fourth-order valence-corrected chi connectivity index (χ4v) is 6.86. The van der Waals surface area contributed by atoms with Crippen LogP contribution >= 0.6 is 0 Å². The number of para-hydroxylation sites is 1. The second kappa shape index (κ2) is 12.3. The highest BCUT2D eigenvalue weighted by Gasteiger charge is 2.29. The Morgan fingerprint density at radius 2 is 1.20 bits per heavy atom. The predicted octanol–water partition coefficient (Wildman–Crippen LogP) is 6.47. The monoisotopic (exact) mass is 718 g/mol. The Morgan fingerprint density at radius 1 is 0.648 bits per heavy atom. The maximum Gasteiger partial charge on any atom is 0.307 e. The average molecular weight is 719 g/mol. The molecule has 0 aliphatic carbocycles. The van der Waals surface area contributed by atoms with Gasteiger partial charge in [-0.25, -0.2) is 19.9 Å². The van der Waals surface area contributed by atoms with Gasteiger partial charge in [-0.1, -0.05) is 69.3 Å². The lowest BCUT2D eigenvalue weighted by molar-refractivity contribution is -0.711. The topological polar surface area (TPSA) is 197 Å². The summed E-state index contributed by atoms with van der Waals surface area (Å²) in [6.07, 6.45) is -2.07. The van der Waals surface area contributed by atoms with Gasteiger partial charge in [-0.05, 0) is 41.3 Å². The molecule has 9 rings (SSSR count). The highest BCUT2D eigenvalue weighted by molar-refractivity contribution is 6.06. The number of hydrogen-bond acceptors (Lipinski definition) is 9. The van der Waals surface area contributed by atoms with E-state index in [2.05, 4.69) is 48.9 Å². The number of aliphatic carboxylic acids is 2. The van der Waals surface area contributed by atoms with E-state index in [9.17, 15) is 19.8 Å². The van der Waals surface area contributed by atoms with E-state index in [0.29, 0.717) is 56.5 Å². The molecule has 14 nitrogen and oxygen atoms in total. The predicted molar refractivity (Wildman–Crippen MR) is 200 cm³/mol. The van der Waals surface area contributed by atoms with Crippen LogP contribution in [0.5, 0.6) is 5.75 Å². The minimum absolute atomic E-state index is 0.113. The van der Waals surface area contributed by atoms with Crippen LogP contribution < -0.4 is 9.53 Å². The van der Waals surface area contributed by atoms with E-state index in [4.69, 9.17) is 34.9 Å². The van der Waals surface area contributed by atoms with Gasteiger partial charge in [-0.15, -0.1) is 0 Å². The molecular weight excluding hydrogens is 686 g/mol. The Bertz CT molecular complexity index is 2880. The van der Waals surface area contributed by atoms with E-state index in [-0.39, 0.29) is 11.2 Å². The maximum absolute atomic E-state index is 11.5. The van der Waals surface area contributed by atoms with Crippen molar-refractivity contribution < 1.29 is 29.3 Å². The molecule has 2 aliphatic rings. The molecule has 2 aliphatic heterocycles. The molecule has 4 aromatic carbocycles. The third kappa shape index (κ3) is 5.73. The fourth-order valence-electron chi connectivity index (χ4n) is 6.86. The molecule has 266 valence electrons. The minimum atomic E-state index is -1.17. The molecule has 0 atom stereocenters. The summed E-state index contributed by atoms with van der Waals surface area (Å²) in [5.41, 5.74) is 6.11. The second-order valence-corrected chi connectivity index (χ2v) is 14.3. The van der Waals surface area contributed by atoms with Gasteiger partial charge in [0.2, 0.25) is 11.5 Å². The van der Waals surface area contributed by atoms with Crippen molar-refractivity contribution in [3.05, 3.63) is 90.5 Å². The maximum atomic E-state index is 11.5. The lowest BCUT2D eigenvalue weighted by atomic mass is 9.86. The summed E-state index contributed by atoms with van der Waals surface area (Å²) in [6.45, 7) is 6.50. The van der Waals surface area contributed by atoms with E-state index < -0.39 is 30.9 Å². The van der Waals surface area contributed by atoms with Crippen LogP contribution in [0.2, 0.25) is 0 Å². The van der Waals surface area contributed by atoms with E-state index in [1.807, 2.05) is 48.5 Å². The van der Waals surface area contributed by atoms with Crippen LogP contribution in [0, 0.1) is 0 Å². The van der Waals surface area contributed by atoms with Gasteiger partial charge in [0, 0.05) is 38.7 Å². The number of H-pyrrole nitrogens is 2. The van der Waals surface area contributed by atoms with E-state index in [1.165, 1.54) is 4.80 Å². The number of ether oxygens (including phenoxy) is 1. The van der Waals surface area contributed by atoms with Crippen molar-refractivity contribution >= 4 is 56.1 Å². The van der Waals surface area contributed by atoms with Crippen LogP contribution in [-0.4, -0.2) is 68.4 Å². The number of fused-ring (bicyclic) bond motifs is 20. The number of nitrogens with one attached hydrogen (secondary N) is 2. The summed E-state index contributed by atoms with van der Waals surface area (Å²) in [5, 5.41) is 31.7. The van der Waals surface area contributed by atoms with Gasteiger partial charge < -0.3 is 24.9 Å². The van der Waals surface area contributed by atoms with E-state index >= 15 is 0 Å². The van der Waals surface area contributed by atoms with E-state index in [1.54, 1.807) is 18.2 Å². The first-order valence-corrected chi connectivity index (χ1v) is 17.3. The number of hydrogen-bond donors (Lipinski definition) is 4. The molecule has 4 N–H and O–H groups in total. The minimum Gasteiger partial charge on any atom is -0.489 e. The summed E-state index contributed by atoms with van der Waals surface area (Å²) in [4.78, 5) is 51.5. The van der Waals surface area contributed by atoms with E-state index in [0.717, 1.165) is 33.0 Å². The van der Waals surface area contributed by atoms with Crippen LogP contribution in [0.4, 0.5) is 0 Å². The summed E-state index contributed by atoms with van der Waals surface area (Å²) in [5.74, 6) is -0.709. The number of aromatic amines is 2. The summed E-state index contributed by atoms with van der Waals surface area (Å²) in [7, 11) is 0.